The standard InChI is InChI=1S/C18H18N2O8/c1-7(2)18(26)28-9-5-4-8(6-10(9)27-3)11-12(16(22)23)14(19)20-15(21)13(11)17(24)25/h4-7H,1-3H3,(H,22,23)(H,24,25)(H3,19,20,21). The lowest BCUT2D eigenvalue weighted by Gasteiger charge is -2.15. The van der Waals surface area contributed by atoms with Gasteiger partial charge in [-0.3, -0.25) is 9.59 Å². The molecule has 2 aromatic rings. The minimum atomic E-state index is -1.63. The summed E-state index contributed by atoms with van der Waals surface area (Å²) < 4.78 is 10.4. The third-order valence-corrected chi connectivity index (χ3v) is 3.81. The van der Waals surface area contributed by atoms with Crippen LogP contribution in [-0.2, 0) is 4.79 Å². The Hall–Kier alpha value is -3.82. The van der Waals surface area contributed by atoms with E-state index in [4.69, 9.17) is 15.2 Å². The van der Waals surface area contributed by atoms with Gasteiger partial charge in [0.2, 0.25) is 0 Å². The summed E-state index contributed by atoms with van der Waals surface area (Å²) >= 11 is 0. The fourth-order valence-corrected chi connectivity index (χ4v) is 2.47. The number of carboxylic acids is 2. The number of methoxy groups -OCH3 is 1. The van der Waals surface area contributed by atoms with Crippen LogP contribution in [0.5, 0.6) is 11.5 Å². The van der Waals surface area contributed by atoms with Crippen LogP contribution in [0.2, 0.25) is 0 Å². The molecular weight excluding hydrogens is 372 g/mol. The first-order valence-corrected chi connectivity index (χ1v) is 8.00. The van der Waals surface area contributed by atoms with Crippen LogP contribution in [0.4, 0.5) is 5.82 Å². The van der Waals surface area contributed by atoms with Crippen LogP contribution in [-0.4, -0.2) is 40.2 Å². The molecule has 0 spiro atoms. The summed E-state index contributed by atoms with van der Waals surface area (Å²) in [5.74, 6) is -4.49. The average molecular weight is 390 g/mol. The number of H-pyrrole nitrogens is 1. The van der Waals surface area contributed by atoms with Gasteiger partial charge in [-0.05, 0) is 17.7 Å². The Labute approximate surface area is 158 Å². The Morgan fingerprint density at radius 2 is 1.68 bits per heavy atom. The number of rotatable bonds is 6. The van der Waals surface area contributed by atoms with E-state index in [2.05, 4.69) is 0 Å². The molecule has 0 aliphatic carbocycles. The number of hydrogen-bond acceptors (Lipinski definition) is 7. The number of esters is 1. The molecule has 0 aliphatic rings. The van der Waals surface area contributed by atoms with Crippen LogP contribution < -0.4 is 20.8 Å². The number of nitrogens with two attached hydrogens (primary N) is 1. The number of aromatic amines is 1. The highest BCUT2D eigenvalue weighted by Crippen LogP contribution is 2.36. The lowest BCUT2D eigenvalue weighted by Crippen LogP contribution is -2.24. The molecule has 5 N–H and O–H groups in total. The molecule has 0 saturated heterocycles. The highest BCUT2D eigenvalue weighted by Gasteiger charge is 2.27. The van der Waals surface area contributed by atoms with Gasteiger partial charge < -0.3 is 30.4 Å². The van der Waals surface area contributed by atoms with Crippen LogP contribution in [0, 0.1) is 5.92 Å². The van der Waals surface area contributed by atoms with Crippen molar-refractivity contribution in [1.82, 2.24) is 4.98 Å². The Morgan fingerprint density at radius 1 is 1.07 bits per heavy atom. The number of nitrogens with one attached hydrogen (secondary N) is 1. The molecule has 0 unspecified atom stereocenters. The molecule has 1 heterocycles. The molecule has 2 rings (SSSR count). The summed E-state index contributed by atoms with van der Waals surface area (Å²) in [4.78, 5) is 49.2. The van der Waals surface area contributed by atoms with E-state index >= 15 is 0 Å². The maximum Gasteiger partial charge on any atom is 0.342 e. The Kier molecular flexibility index (Phi) is 5.73. The summed E-state index contributed by atoms with van der Waals surface area (Å²) in [7, 11) is 1.29. The molecule has 1 aromatic carbocycles. The highest BCUT2D eigenvalue weighted by molar-refractivity contribution is 6.07. The van der Waals surface area contributed by atoms with E-state index in [1.807, 2.05) is 4.98 Å². The number of pyridine rings is 1. The van der Waals surface area contributed by atoms with Crippen LogP contribution in [0.15, 0.2) is 23.0 Å². The molecular formula is C18H18N2O8. The zero-order valence-corrected chi connectivity index (χ0v) is 15.2. The van der Waals surface area contributed by atoms with E-state index in [-0.39, 0.29) is 22.6 Å². The van der Waals surface area contributed by atoms with E-state index in [0.29, 0.717) is 0 Å². The van der Waals surface area contributed by atoms with Crippen molar-refractivity contribution in [3.8, 4) is 22.6 Å². The zero-order valence-electron chi connectivity index (χ0n) is 15.2. The van der Waals surface area contributed by atoms with Gasteiger partial charge in [0.1, 0.15) is 16.9 Å². The van der Waals surface area contributed by atoms with E-state index in [9.17, 15) is 29.4 Å². The van der Waals surface area contributed by atoms with Gasteiger partial charge in [0.25, 0.3) is 5.56 Å². The van der Waals surface area contributed by atoms with Crippen molar-refractivity contribution >= 4 is 23.7 Å². The van der Waals surface area contributed by atoms with Crippen LogP contribution >= 0.6 is 0 Å². The number of carbonyl (C=O) groups is 3. The Bertz CT molecular complexity index is 1020. The average Bonchev–Trinajstić information content (AvgIpc) is 2.60. The number of aromatic carboxylic acids is 2. The topological polar surface area (TPSA) is 169 Å². The lowest BCUT2D eigenvalue weighted by molar-refractivity contribution is -0.137. The van der Waals surface area contributed by atoms with Gasteiger partial charge in [0, 0.05) is 5.56 Å². The normalized spacial score (nSPS) is 10.6. The van der Waals surface area contributed by atoms with E-state index in [1.54, 1.807) is 13.8 Å². The number of carboxylic acid groups (broad SMARTS) is 2. The fraction of sp³-hybridized carbons (Fsp3) is 0.222. The molecule has 28 heavy (non-hydrogen) atoms. The van der Waals surface area contributed by atoms with E-state index < -0.39 is 46.3 Å². The molecule has 0 amide bonds. The molecule has 0 radical (unpaired) electrons. The van der Waals surface area contributed by atoms with Gasteiger partial charge >= 0.3 is 17.9 Å². The number of hydrogen-bond donors (Lipinski definition) is 4. The van der Waals surface area contributed by atoms with Gasteiger partial charge in [-0.1, -0.05) is 19.9 Å². The molecule has 10 nitrogen and oxygen atoms in total. The minimum absolute atomic E-state index is 0.0359. The Morgan fingerprint density at radius 3 is 2.18 bits per heavy atom. The summed E-state index contributed by atoms with van der Waals surface area (Å²) in [6.45, 7) is 3.28. The van der Waals surface area contributed by atoms with Crippen molar-refractivity contribution in [2.24, 2.45) is 5.92 Å². The van der Waals surface area contributed by atoms with Crippen LogP contribution in [0.3, 0.4) is 0 Å². The number of carbonyl (C=O) groups excluding carboxylic acids is 1. The summed E-state index contributed by atoms with van der Waals surface area (Å²) in [6, 6.07) is 3.87. The van der Waals surface area contributed by atoms with Gasteiger partial charge in [-0.2, -0.15) is 0 Å². The quantitative estimate of drug-likeness (QED) is 0.422. The molecule has 1 aromatic heterocycles. The molecule has 148 valence electrons. The van der Waals surface area contributed by atoms with Gasteiger partial charge in [0.05, 0.1) is 13.0 Å². The molecule has 0 bridgehead atoms. The number of benzene rings is 1. The number of nitrogen functional groups attached to an aromatic ring is 1. The minimum Gasteiger partial charge on any atom is -0.493 e. The predicted molar refractivity (Wildman–Crippen MR) is 97.9 cm³/mol. The maximum atomic E-state index is 12.1. The predicted octanol–water partition coefficient (Wildman–Crippen LogP) is 1.59. The zero-order chi connectivity index (χ0) is 21.2. The van der Waals surface area contributed by atoms with Crippen LogP contribution in [0.1, 0.15) is 34.6 Å². The summed E-state index contributed by atoms with van der Waals surface area (Å²) in [6.07, 6.45) is 0. The highest BCUT2D eigenvalue weighted by atomic mass is 16.6. The van der Waals surface area contributed by atoms with Crippen molar-refractivity contribution in [2.75, 3.05) is 12.8 Å². The van der Waals surface area contributed by atoms with Crippen molar-refractivity contribution in [3.63, 3.8) is 0 Å². The molecule has 0 aliphatic heterocycles. The lowest BCUT2D eigenvalue weighted by atomic mass is 9.95. The third-order valence-electron chi connectivity index (χ3n) is 3.81. The summed E-state index contributed by atoms with van der Waals surface area (Å²) in [5, 5.41) is 18.9. The fourth-order valence-electron chi connectivity index (χ4n) is 2.47. The first-order valence-electron chi connectivity index (χ1n) is 8.00. The SMILES string of the molecule is COc1cc(-c2c(C(=O)O)c(N)[nH]c(=O)c2C(=O)O)ccc1OC(=O)C(C)C. The van der Waals surface area contributed by atoms with Crippen molar-refractivity contribution in [3.05, 3.63) is 39.7 Å². The van der Waals surface area contributed by atoms with Crippen molar-refractivity contribution in [2.45, 2.75) is 13.8 Å². The Balaban J connectivity index is 2.77. The molecule has 0 fully saturated rings. The first-order chi connectivity index (χ1) is 13.1. The van der Waals surface area contributed by atoms with Gasteiger partial charge in [0.15, 0.2) is 11.5 Å². The van der Waals surface area contributed by atoms with Crippen molar-refractivity contribution < 1.29 is 34.1 Å². The summed E-state index contributed by atoms with van der Waals surface area (Å²) in [5.41, 5.74) is 2.82. The maximum absolute atomic E-state index is 12.1. The van der Waals surface area contributed by atoms with E-state index in [1.165, 1.54) is 25.3 Å². The smallest absolute Gasteiger partial charge is 0.342 e. The van der Waals surface area contributed by atoms with Crippen LogP contribution in [0.25, 0.3) is 11.1 Å². The second kappa shape index (κ2) is 7.82. The molecule has 0 atom stereocenters. The molecule has 0 saturated carbocycles. The largest absolute Gasteiger partial charge is 0.493 e. The number of aromatic nitrogens is 1. The van der Waals surface area contributed by atoms with Gasteiger partial charge in [-0.15, -0.1) is 0 Å². The second-order valence-electron chi connectivity index (χ2n) is 6.04. The third kappa shape index (κ3) is 3.80. The van der Waals surface area contributed by atoms with E-state index in [0.717, 1.165) is 0 Å². The number of anilines is 1. The van der Waals surface area contributed by atoms with Gasteiger partial charge in [-0.25, -0.2) is 9.59 Å². The monoisotopic (exact) mass is 390 g/mol. The van der Waals surface area contributed by atoms with Crippen molar-refractivity contribution in [1.29, 1.82) is 0 Å². The first kappa shape index (κ1) is 20.5. The number of ether oxygens (including phenoxy) is 2. The molecule has 10 heteroatoms. The second-order valence-corrected chi connectivity index (χ2v) is 6.04.